The molecule has 0 bridgehead atoms. The van der Waals surface area contributed by atoms with Gasteiger partial charge in [0, 0.05) is 11.1 Å². The van der Waals surface area contributed by atoms with E-state index in [1.54, 1.807) is 19.1 Å². The van der Waals surface area contributed by atoms with Crippen molar-refractivity contribution in [3.05, 3.63) is 66.2 Å². The van der Waals surface area contributed by atoms with E-state index in [0.717, 1.165) is 68.0 Å². The molecule has 0 amide bonds. The lowest BCUT2D eigenvalue weighted by atomic mass is 10.1. The van der Waals surface area contributed by atoms with E-state index in [2.05, 4.69) is 17.1 Å². The van der Waals surface area contributed by atoms with Crippen LogP contribution in [0.3, 0.4) is 0 Å². The van der Waals surface area contributed by atoms with Crippen LogP contribution in [0.1, 0.15) is 11.5 Å². The minimum atomic E-state index is 0.779. The topological polar surface area (TPSA) is 53.4 Å². The molecular formula is C23H29N3O3+2. The molecule has 1 aromatic heterocycles. The van der Waals surface area contributed by atoms with Crippen molar-refractivity contribution in [3.63, 3.8) is 0 Å². The summed E-state index contributed by atoms with van der Waals surface area (Å²) in [6.07, 6.45) is 1.84. The van der Waals surface area contributed by atoms with Crippen molar-refractivity contribution in [2.24, 2.45) is 0 Å². The molecule has 1 fully saturated rings. The Morgan fingerprint density at radius 2 is 1.55 bits per heavy atom. The summed E-state index contributed by atoms with van der Waals surface area (Å²) < 4.78 is 16.7. The second-order valence-electron chi connectivity index (χ2n) is 7.53. The molecule has 29 heavy (non-hydrogen) atoms. The third kappa shape index (κ3) is 4.78. The molecule has 4 rings (SSSR count). The van der Waals surface area contributed by atoms with E-state index in [4.69, 9.17) is 13.9 Å². The van der Waals surface area contributed by atoms with Crippen LogP contribution in [0.25, 0.3) is 11.3 Å². The standard InChI is InChI=1S/C23H27N3O3/c1-27-20-9-8-18(14-21(20)28-2)16-25-10-12-26(13-11-25)17-23-24-15-22(29-23)19-6-4-3-5-7-19/h3-9,14-15H,10-13,16-17H2,1-2H3/p+2. The molecule has 0 spiro atoms. The lowest BCUT2D eigenvalue weighted by Gasteiger charge is -2.29. The number of nitrogens with one attached hydrogen (secondary N) is 2. The quantitative estimate of drug-likeness (QED) is 0.623. The highest BCUT2D eigenvalue weighted by atomic mass is 16.5. The highest BCUT2D eigenvalue weighted by molar-refractivity contribution is 5.55. The average Bonchev–Trinajstić information content (AvgIpc) is 3.24. The van der Waals surface area contributed by atoms with Gasteiger partial charge in [0.25, 0.3) is 5.89 Å². The zero-order chi connectivity index (χ0) is 20.1. The van der Waals surface area contributed by atoms with Crippen LogP contribution in [-0.2, 0) is 13.1 Å². The summed E-state index contributed by atoms with van der Waals surface area (Å²) >= 11 is 0. The minimum absolute atomic E-state index is 0.779. The lowest BCUT2D eigenvalue weighted by Crippen LogP contribution is -3.27. The van der Waals surface area contributed by atoms with E-state index >= 15 is 0 Å². The monoisotopic (exact) mass is 395 g/mol. The third-order valence-corrected chi connectivity index (χ3v) is 5.58. The van der Waals surface area contributed by atoms with Crippen molar-refractivity contribution >= 4 is 0 Å². The highest BCUT2D eigenvalue weighted by Gasteiger charge is 2.25. The predicted octanol–water partition coefficient (Wildman–Crippen LogP) is 0.842. The maximum absolute atomic E-state index is 5.98. The Bertz CT molecular complexity index is 918. The molecule has 6 nitrogen and oxygen atoms in total. The first-order valence-corrected chi connectivity index (χ1v) is 10.1. The summed E-state index contributed by atoms with van der Waals surface area (Å²) in [4.78, 5) is 7.61. The first kappa shape index (κ1) is 19.5. The molecule has 6 heteroatoms. The molecular weight excluding hydrogens is 366 g/mol. The Hall–Kier alpha value is -2.83. The van der Waals surface area contributed by atoms with E-state index in [1.807, 2.05) is 42.6 Å². The van der Waals surface area contributed by atoms with Crippen LogP contribution in [0.4, 0.5) is 0 Å². The molecule has 0 aliphatic carbocycles. The van der Waals surface area contributed by atoms with Gasteiger partial charge in [-0.15, -0.1) is 0 Å². The van der Waals surface area contributed by atoms with Gasteiger partial charge in [0.1, 0.15) is 32.7 Å². The van der Waals surface area contributed by atoms with Gasteiger partial charge in [0.05, 0.1) is 20.4 Å². The fourth-order valence-electron chi connectivity index (χ4n) is 3.93. The summed E-state index contributed by atoms with van der Waals surface area (Å²) in [5.41, 5.74) is 2.35. The molecule has 1 aliphatic rings. The molecule has 152 valence electrons. The van der Waals surface area contributed by atoms with Gasteiger partial charge in [-0.2, -0.15) is 0 Å². The summed E-state index contributed by atoms with van der Waals surface area (Å²) in [6.45, 7) is 6.35. The molecule has 0 atom stereocenters. The van der Waals surface area contributed by atoms with Crippen LogP contribution in [0.5, 0.6) is 11.5 Å². The summed E-state index contributed by atoms with van der Waals surface area (Å²) in [5.74, 6) is 3.24. The third-order valence-electron chi connectivity index (χ3n) is 5.58. The molecule has 0 saturated carbocycles. The zero-order valence-corrected chi connectivity index (χ0v) is 17.1. The number of methoxy groups -OCH3 is 2. The first-order chi connectivity index (χ1) is 14.2. The van der Waals surface area contributed by atoms with Crippen LogP contribution in [-0.4, -0.2) is 45.4 Å². The summed E-state index contributed by atoms with van der Waals surface area (Å²) in [6, 6.07) is 16.3. The van der Waals surface area contributed by atoms with Gasteiger partial charge in [-0.25, -0.2) is 4.98 Å². The Balaban J connectivity index is 1.29. The Labute approximate surface area is 171 Å². The van der Waals surface area contributed by atoms with Gasteiger partial charge >= 0.3 is 0 Å². The predicted molar refractivity (Wildman–Crippen MR) is 110 cm³/mol. The van der Waals surface area contributed by atoms with Crippen LogP contribution in [0.2, 0.25) is 0 Å². The maximum atomic E-state index is 5.98. The fourth-order valence-corrected chi connectivity index (χ4v) is 3.93. The maximum Gasteiger partial charge on any atom is 0.250 e. The van der Waals surface area contributed by atoms with Crippen molar-refractivity contribution in [1.29, 1.82) is 0 Å². The van der Waals surface area contributed by atoms with Crippen molar-refractivity contribution < 1.29 is 23.7 Å². The number of nitrogens with zero attached hydrogens (tertiary/aromatic N) is 1. The Morgan fingerprint density at radius 1 is 0.862 bits per heavy atom. The summed E-state index contributed by atoms with van der Waals surface area (Å²) in [5, 5.41) is 0. The molecule has 0 unspecified atom stereocenters. The van der Waals surface area contributed by atoms with Crippen LogP contribution in [0.15, 0.2) is 59.1 Å². The zero-order valence-electron chi connectivity index (χ0n) is 17.1. The van der Waals surface area contributed by atoms with Gasteiger partial charge in [0.15, 0.2) is 23.8 Å². The smallest absolute Gasteiger partial charge is 0.250 e. The van der Waals surface area contributed by atoms with Crippen molar-refractivity contribution in [2.45, 2.75) is 13.1 Å². The number of piperazine rings is 1. The number of rotatable bonds is 7. The van der Waals surface area contributed by atoms with E-state index in [9.17, 15) is 0 Å². The van der Waals surface area contributed by atoms with Gasteiger partial charge in [-0.1, -0.05) is 30.3 Å². The molecule has 2 aromatic carbocycles. The minimum Gasteiger partial charge on any atom is -0.493 e. The van der Waals surface area contributed by atoms with Crippen LogP contribution >= 0.6 is 0 Å². The number of quaternary nitrogens is 2. The molecule has 2 heterocycles. The molecule has 3 aromatic rings. The second kappa shape index (κ2) is 9.11. The lowest BCUT2D eigenvalue weighted by molar-refractivity contribution is -1.02. The van der Waals surface area contributed by atoms with E-state index in [1.165, 1.54) is 10.5 Å². The number of aromatic nitrogens is 1. The Kier molecular flexibility index (Phi) is 6.12. The van der Waals surface area contributed by atoms with Gasteiger partial charge in [-0.3, -0.25) is 0 Å². The Morgan fingerprint density at radius 3 is 2.24 bits per heavy atom. The number of hydrogen-bond acceptors (Lipinski definition) is 4. The number of ether oxygens (including phenoxy) is 2. The summed E-state index contributed by atoms with van der Waals surface area (Å²) in [7, 11) is 3.35. The highest BCUT2D eigenvalue weighted by Crippen LogP contribution is 2.27. The average molecular weight is 396 g/mol. The van der Waals surface area contributed by atoms with E-state index in [-0.39, 0.29) is 0 Å². The van der Waals surface area contributed by atoms with E-state index in [0.29, 0.717) is 0 Å². The van der Waals surface area contributed by atoms with Gasteiger partial charge in [-0.05, 0) is 18.2 Å². The number of benzene rings is 2. The number of hydrogen-bond donors (Lipinski definition) is 2. The van der Waals surface area contributed by atoms with Crippen molar-refractivity contribution in [1.82, 2.24) is 4.98 Å². The van der Waals surface area contributed by atoms with Crippen LogP contribution < -0.4 is 19.3 Å². The number of oxazole rings is 1. The largest absolute Gasteiger partial charge is 0.493 e. The normalized spacial score (nSPS) is 19.1. The van der Waals surface area contributed by atoms with Crippen LogP contribution in [0, 0.1) is 0 Å². The SMILES string of the molecule is COc1ccc(C[NH+]2CC[NH+](Cc3ncc(-c4ccccc4)o3)CC2)cc1OC. The molecule has 1 saturated heterocycles. The van der Waals surface area contributed by atoms with E-state index < -0.39 is 0 Å². The second-order valence-corrected chi connectivity index (χ2v) is 7.53. The fraction of sp³-hybridized carbons (Fsp3) is 0.348. The van der Waals surface area contributed by atoms with Crippen molar-refractivity contribution in [2.75, 3.05) is 40.4 Å². The molecule has 0 radical (unpaired) electrons. The molecule has 1 aliphatic heterocycles. The molecule has 2 N–H and O–H groups in total. The first-order valence-electron chi connectivity index (χ1n) is 10.1. The van der Waals surface area contributed by atoms with Gasteiger partial charge < -0.3 is 23.7 Å². The van der Waals surface area contributed by atoms with Crippen molar-refractivity contribution in [3.8, 4) is 22.8 Å². The van der Waals surface area contributed by atoms with Gasteiger partial charge in [0.2, 0.25) is 0 Å².